The lowest BCUT2D eigenvalue weighted by Crippen LogP contribution is -2.30. The number of carboxylic acids is 1. The van der Waals surface area contributed by atoms with Gasteiger partial charge in [0.05, 0.1) is 25.7 Å². The number of carbonyl (C=O) groups excluding carboxylic acids is 1. The maximum absolute atomic E-state index is 12.3. The summed E-state index contributed by atoms with van der Waals surface area (Å²) >= 11 is 6.70. The lowest BCUT2D eigenvalue weighted by atomic mass is 10.1. The Morgan fingerprint density at radius 3 is 2.52 bits per heavy atom. The van der Waals surface area contributed by atoms with Crippen LogP contribution in [0, 0.1) is 0 Å². The van der Waals surface area contributed by atoms with Crippen LogP contribution in [0.4, 0.5) is 0 Å². The maximum atomic E-state index is 12.3. The molecule has 25 heavy (non-hydrogen) atoms. The highest BCUT2D eigenvalue weighted by Gasteiger charge is 2.24. The predicted octanol–water partition coefficient (Wildman–Crippen LogP) is 3.27. The van der Waals surface area contributed by atoms with Gasteiger partial charge in [-0.2, -0.15) is 0 Å². The monoisotopic (exact) mass is 467 g/mol. The first-order valence-corrected chi connectivity index (χ1v) is 8.63. The number of hydrogen-bond donors (Lipinski definition) is 4. The largest absolute Gasteiger partial charge is 0.505 e. The van der Waals surface area contributed by atoms with Crippen LogP contribution in [-0.2, 0) is 4.79 Å². The molecule has 0 aliphatic carbocycles. The lowest BCUT2D eigenvalue weighted by Gasteiger charge is -2.10. The molecule has 2 aromatic heterocycles. The van der Waals surface area contributed by atoms with Gasteiger partial charge in [-0.15, -0.1) is 0 Å². The van der Waals surface area contributed by atoms with E-state index in [1.165, 1.54) is 0 Å². The number of carboxylic acid groups (broad SMARTS) is 1. The van der Waals surface area contributed by atoms with Gasteiger partial charge in [-0.1, -0.05) is 30.3 Å². The molecule has 3 aromatic rings. The summed E-state index contributed by atoms with van der Waals surface area (Å²) in [6.07, 6.45) is 0. The van der Waals surface area contributed by atoms with Crippen molar-refractivity contribution in [3.8, 4) is 17.0 Å². The Bertz CT molecular complexity index is 986. The van der Waals surface area contributed by atoms with Gasteiger partial charge in [-0.3, -0.25) is 9.59 Å². The molecular weight excluding hydrogens is 458 g/mol. The van der Waals surface area contributed by atoms with Crippen LogP contribution in [0.3, 0.4) is 0 Å². The molecule has 1 amide bonds. The normalized spacial score (nSPS) is 10.8. The molecular formula is C16H11Br2N3O4. The highest BCUT2D eigenvalue weighted by Crippen LogP contribution is 2.42. The van der Waals surface area contributed by atoms with Crippen molar-refractivity contribution >= 4 is 54.6 Å². The number of aromatic nitrogens is 2. The van der Waals surface area contributed by atoms with Crippen LogP contribution in [0.5, 0.6) is 5.75 Å². The Labute approximate surface area is 158 Å². The molecule has 0 saturated carbocycles. The molecule has 128 valence electrons. The zero-order valence-corrected chi connectivity index (χ0v) is 15.7. The summed E-state index contributed by atoms with van der Waals surface area (Å²) in [6, 6.07) is 9.14. The first kappa shape index (κ1) is 17.4. The molecule has 9 heteroatoms. The summed E-state index contributed by atoms with van der Waals surface area (Å²) in [5.74, 6) is -2.31. The number of aromatic amines is 1. The first-order chi connectivity index (χ1) is 11.9. The predicted molar refractivity (Wildman–Crippen MR) is 98.6 cm³/mol. The average molecular weight is 469 g/mol. The van der Waals surface area contributed by atoms with E-state index in [-0.39, 0.29) is 11.4 Å². The fraction of sp³-hybridized carbons (Fsp3) is 0.0625. The summed E-state index contributed by atoms with van der Waals surface area (Å²) in [7, 11) is 0. The van der Waals surface area contributed by atoms with E-state index < -0.39 is 18.4 Å². The lowest BCUT2D eigenvalue weighted by molar-refractivity contribution is -0.135. The van der Waals surface area contributed by atoms with Crippen molar-refractivity contribution in [3.05, 3.63) is 45.1 Å². The molecule has 0 aliphatic rings. The molecule has 0 aliphatic heterocycles. The number of nitrogens with zero attached hydrogens (tertiary/aromatic N) is 1. The van der Waals surface area contributed by atoms with E-state index in [0.717, 1.165) is 5.56 Å². The number of hydrogen-bond acceptors (Lipinski definition) is 4. The van der Waals surface area contributed by atoms with E-state index in [9.17, 15) is 14.7 Å². The van der Waals surface area contributed by atoms with Crippen molar-refractivity contribution in [3.63, 3.8) is 0 Å². The molecule has 0 radical (unpaired) electrons. The molecule has 3 rings (SSSR count). The molecule has 0 spiro atoms. The molecule has 2 heterocycles. The third kappa shape index (κ3) is 3.24. The smallest absolute Gasteiger partial charge is 0.322 e. The Hall–Kier alpha value is -2.39. The third-order valence-corrected chi connectivity index (χ3v) is 5.40. The van der Waals surface area contributed by atoms with E-state index in [1.54, 1.807) is 0 Å². The van der Waals surface area contributed by atoms with Crippen LogP contribution < -0.4 is 5.32 Å². The van der Waals surface area contributed by atoms with E-state index >= 15 is 0 Å². The van der Waals surface area contributed by atoms with Crippen molar-refractivity contribution in [2.45, 2.75) is 0 Å². The second-order valence-corrected chi connectivity index (χ2v) is 6.69. The molecule has 4 N–H and O–H groups in total. The number of rotatable bonds is 4. The van der Waals surface area contributed by atoms with Gasteiger partial charge in [0.2, 0.25) is 0 Å². The van der Waals surface area contributed by atoms with Gasteiger partial charge in [0.15, 0.2) is 11.4 Å². The molecule has 0 fully saturated rings. The van der Waals surface area contributed by atoms with Crippen molar-refractivity contribution in [2.75, 3.05) is 6.54 Å². The van der Waals surface area contributed by atoms with Gasteiger partial charge in [-0.25, -0.2) is 4.98 Å². The maximum Gasteiger partial charge on any atom is 0.322 e. The zero-order valence-electron chi connectivity index (χ0n) is 12.5. The number of aromatic hydroxyl groups is 1. The van der Waals surface area contributed by atoms with Crippen LogP contribution in [0.25, 0.3) is 22.2 Å². The second kappa shape index (κ2) is 6.85. The Balaban J connectivity index is 2.25. The number of halogens is 2. The fourth-order valence-corrected chi connectivity index (χ4v) is 3.27. The van der Waals surface area contributed by atoms with Gasteiger partial charge in [0.1, 0.15) is 6.54 Å². The van der Waals surface area contributed by atoms with Crippen LogP contribution in [-0.4, -0.2) is 38.6 Å². The molecule has 0 atom stereocenters. The van der Waals surface area contributed by atoms with E-state index in [4.69, 9.17) is 5.11 Å². The standard InChI is InChI=1S/C16H11Br2N3O4/c17-10-9-12(21-15(10)18)11(7-4-2-1-3-5-7)20-13(14(9)24)16(25)19-6-8(22)23/h1-5,21,24H,6H2,(H,19,25)(H,22,23). The second-order valence-electron chi connectivity index (χ2n) is 5.10. The number of nitrogens with one attached hydrogen (secondary N) is 2. The summed E-state index contributed by atoms with van der Waals surface area (Å²) in [4.78, 5) is 30.3. The molecule has 0 bridgehead atoms. The van der Waals surface area contributed by atoms with Gasteiger partial charge < -0.3 is 20.5 Å². The van der Waals surface area contributed by atoms with Gasteiger partial charge in [0.25, 0.3) is 5.91 Å². The number of pyridine rings is 1. The van der Waals surface area contributed by atoms with Crippen molar-refractivity contribution in [2.24, 2.45) is 0 Å². The Kier molecular flexibility index (Phi) is 4.78. The van der Waals surface area contributed by atoms with E-state index in [0.29, 0.717) is 25.7 Å². The third-order valence-electron chi connectivity index (χ3n) is 3.48. The number of H-pyrrole nitrogens is 1. The summed E-state index contributed by atoms with van der Waals surface area (Å²) in [6.45, 7) is -0.573. The minimum Gasteiger partial charge on any atom is -0.505 e. The number of fused-ring (bicyclic) bond motifs is 1. The van der Waals surface area contributed by atoms with E-state index in [2.05, 4.69) is 47.1 Å². The highest BCUT2D eigenvalue weighted by molar-refractivity contribution is 9.13. The van der Waals surface area contributed by atoms with Gasteiger partial charge in [-0.05, 0) is 31.9 Å². The minimum atomic E-state index is -1.19. The highest BCUT2D eigenvalue weighted by atomic mass is 79.9. The quantitative estimate of drug-likeness (QED) is 0.469. The summed E-state index contributed by atoms with van der Waals surface area (Å²) in [5.41, 5.74) is 1.48. The summed E-state index contributed by atoms with van der Waals surface area (Å²) < 4.78 is 1.12. The number of amides is 1. The topological polar surface area (TPSA) is 115 Å². The van der Waals surface area contributed by atoms with Crippen molar-refractivity contribution in [1.82, 2.24) is 15.3 Å². The number of aliphatic carboxylic acids is 1. The molecule has 0 unspecified atom stereocenters. The Morgan fingerprint density at radius 1 is 1.20 bits per heavy atom. The first-order valence-electron chi connectivity index (χ1n) is 7.05. The van der Waals surface area contributed by atoms with Crippen LogP contribution in [0.2, 0.25) is 0 Å². The summed E-state index contributed by atoms with van der Waals surface area (Å²) in [5, 5.41) is 21.8. The van der Waals surface area contributed by atoms with Gasteiger partial charge in [0, 0.05) is 5.56 Å². The Morgan fingerprint density at radius 2 is 1.88 bits per heavy atom. The van der Waals surface area contributed by atoms with Crippen LogP contribution in [0.1, 0.15) is 10.5 Å². The van der Waals surface area contributed by atoms with Crippen molar-refractivity contribution < 1.29 is 19.8 Å². The van der Waals surface area contributed by atoms with Crippen molar-refractivity contribution in [1.29, 1.82) is 0 Å². The number of carbonyl (C=O) groups is 2. The molecule has 0 saturated heterocycles. The van der Waals surface area contributed by atoms with Gasteiger partial charge >= 0.3 is 5.97 Å². The number of benzene rings is 1. The minimum absolute atomic E-state index is 0.250. The fourth-order valence-electron chi connectivity index (χ4n) is 2.39. The van der Waals surface area contributed by atoms with Crippen LogP contribution >= 0.6 is 31.9 Å². The molecule has 1 aromatic carbocycles. The average Bonchev–Trinajstić information content (AvgIpc) is 2.89. The molecule has 7 nitrogen and oxygen atoms in total. The van der Waals surface area contributed by atoms with E-state index in [1.807, 2.05) is 30.3 Å². The van der Waals surface area contributed by atoms with Crippen LogP contribution in [0.15, 0.2) is 39.4 Å². The SMILES string of the molecule is O=C(O)CNC(=O)c1nc(-c2ccccc2)c2[nH]c(Br)c(Br)c2c1O. The zero-order chi connectivity index (χ0) is 18.1.